The van der Waals surface area contributed by atoms with Gasteiger partial charge in [0.15, 0.2) is 5.82 Å². The van der Waals surface area contributed by atoms with E-state index in [4.69, 9.17) is 27.9 Å². The fourth-order valence-corrected chi connectivity index (χ4v) is 4.03. The van der Waals surface area contributed by atoms with Crippen molar-refractivity contribution in [2.45, 2.75) is 5.92 Å². The fraction of sp³-hybridized carbons (Fsp3) is 0.292. The van der Waals surface area contributed by atoms with Crippen LogP contribution in [0, 0.1) is 5.82 Å². The summed E-state index contributed by atoms with van der Waals surface area (Å²) >= 11 is 11.9. The Morgan fingerprint density at radius 1 is 1.32 bits per heavy atom. The summed E-state index contributed by atoms with van der Waals surface area (Å²) < 4.78 is 20.8. The summed E-state index contributed by atoms with van der Waals surface area (Å²) in [5.74, 6) is 0.435. The number of benzene rings is 2. The van der Waals surface area contributed by atoms with Crippen molar-refractivity contribution in [2.75, 3.05) is 45.7 Å². The zero-order valence-corrected chi connectivity index (χ0v) is 20.3. The summed E-state index contributed by atoms with van der Waals surface area (Å²) in [6.07, 6.45) is 2.71. The average molecular weight is 504 g/mol. The van der Waals surface area contributed by atoms with Crippen molar-refractivity contribution in [1.29, 1.82) is 0 Å². The summed E-state index contributed by atoms with van der Waals surface area (Å²) in [5, 5.41) is 3.66. The number of carbonyl (C=O) groups is 1. The molecule has 2 heterocycles. The largest absolute Gasteiger partial charge is 0.492 e. The minimum absolute atomic E-state index is 0.0809. The number of hydrogen-bond donors (Lipinski definition) is 1. The van der Waals surface area contributed by atoms with Crippen LogP contribution in [0.1, 0.15) is 11.5 Å². The molecule has 1 aliphatic heterocycles. The number of nitrogens with one attached hydrogen (secondary N) is 1. The van der Waals surface area contributed by atoms with Crippen LogP contribution >= 0.6 is 23.2 Å². The van der Waals surface area contributed by atoms with Gasteiger partial charge in [0.2, 0.25) is 5.91 Å². The van der Waals surface area contributed by atoms with Gasteiger partial charge in [0.05, 0.1) is 21.2 Å². The topological polar surface area (TPSA) is 70.6 Å². The van der Waals surface area contributed by atoms with Crippen molar-refractivity contribution >= 4 is 51.5 Å². The van der Waals surface area contributed by atoms with E-state index in [1.807, 2.05) is 31.1 Å². The highest BCUT2D eigenvalue weighted by atomic mass is 35.5. The number of fused-ring (bicyclic) bond motifs is 1. The molecule has 0 atom stereocenters. The molecular weight excluding hydrogens is 480 g/mol. The molecule has 10 heteroatoms. The predicted octanol–water partition coefficient (Wildman–Crippen LogP) is 4.87. The smallest absolute Gasteiger partial charge is 0.245 e. The maximum absolute atomic E-state index is 14.6. The van der Waals surface area contributed by atoms with E-state index >= 15 is 0 Å². The number of ether oxygens (including phenoxy) is 1. The third-order valence-electron chi connectivity index (χ3n) is 5.66. The highest BCUT2D eigenvalue weighted by molar-refractivity contribution is 6.42. The third-order valence-corrected chi connectivity index (χ3v) is 6.44. The molecule has 0 saturated carbocycles. The van der Waals surface area contributed by atoms with Crippen molar-refractivity contribution in [3.8, 4) is 5.75 Å². The minimum Gasteiger partial charge on any atom is -0.492 e. The normalized spacial score (nSPS) is 13.8. The van der Waals surface area contributed by atoms with Gasteiger partial charge in [-0.25, -0.2) is 14.4 Å². The summed E-state index contributed by atoms with van der Waals surface area (Å²) in [6, 6.07) is 6.82. The standard InChI is InChI=1S/C24H24Cl2FN5O2/c1-4-21(33)32-11-14(12-32)15-9-16-19(10-20(15)34-8-7-31(2)3)28-13-29-24(16)30-18-6-5-17(25)22(26)23(18)27/h4-6,9-10,13-14H,1,7-8,11-12H2,2-3H3,(H,28,29,30). The number of halogens is 3. The van der Waals surface area contributed by atoms with E-state index in [2.05, 4.69) is 21.9 Å². The number of amides is 1. The first-order valence-electron chi connectivity index (χ1n) is 10.7. The molecule has 3 aromatic rings. The number of nitrogens with zero attached hydrogens (tertiary/aromatic N) is 4. The maximum atomic E-state index is 14.6. The number of carbonyl (C=O) groups excluding carboxylic acids is 1. The van der Waals surface area contributed by atoms with Gasteiger partial charge in [-0.2, -0.15) is 0 Å². The first-order chi connectivity index (χ1) is 16.3. The Bertz CT molecular complexity index is 1250. The molecule has 0 radical (unpaired) electrons. The van der Waals surface area contributed by atoms with Gasteiger partial charge in [-0.3, -0.25) is 4.79 Å². The van der Waals surface area contributed by atoms with Crippen LogP contribution in [-0.4, -0.2) is 66.0 Å². The summed E-state index contributed by atoms with van der Waals surface area (Å²) in [6.45, 7) is 5.91. The van der Waals surface area contributed by atoms with Gasteiger partial charge >= 0.3 is 0 Å². The monoisotopic (exact) mass is 503 g/mol. The molecule has 0 aliphatic carbocycles. The minimum atomic E-state index is -0.664. The van der Waals surface area contributed by atoms with Crippen LogP contribution in [0.3, 0.4) is 0 Å². The zero-order chi connectivity index (χ0) is 24.4. The Morgan fingerprint density at radius 3 is 2.79 bits per heavy atom. The van der Waals surface area contributed by atoms with Crippen LogP contribution in [0.15, 0.2) is 43.2 Å². The van der Waals surface area contributed by atoms with E-state index in [0.29, 0.717) is 42.2 Å². The van der Waals surface area contributed by atoms with E-state index in [0.717, 1.165) is 12.1 Å². The van der Waals surface area contributed by atoms with Crippen LogP contribution < -0.4 is 10.1 Å². The van der Waals surface area contributed by atoms with Crippen LogP contribution in [0.25, 0.3) is 10.9 Å². The van der Waals surface area contributed by atoms with Gasteiger partial charge in [-0.1, -0.05) is 29.8 Å². The number of anilines is 2. The molecule has 1 N–H and O–H groups in total. The van der Waals surface area contributed by atoms with E-state index in [9.17, 15) is 9.18 Å². The Balaban J connectivity index is 1.71. The molecule has 0 bridgehead atoms. The van der Waals surface area contributed by atoms with Crippen molar-refractivity contribution in [2.24, 2.45) is 0 Å². The van der Waals surface area contributed by atoms with Gasteiger partial charge in [0.1, 0.15) is 24.5 Å². The lowest BCUT2D eigenvalue weighted by Gasteiger charge is -2.39. The Morgan fingerprint density at radius 2 is 2.09 bits per heavy atom. The first kappa shape index (κ1) is 24.2. The van der Waals surface area contributed by atoms with Crippen molar-refractivity contribution in [3.05, 3.63) is 64.7 Å². The molecule has 178 valence electrons. The van der Waals surface area contributed by atoms with Crippen LogP contribution in [0.4, 0.5) is 15.9 Å². The second-order valence-corrected chi connectivity index (χ2v) is 9.06. The van der Waals surface area contributed by atoms with E-state index < -0.39 is 5.82 Å². The quantitative estimate of drug-likeness (QED) is 0.349. The maximum Gasteiger partial charge on any atom is 0.245 e. The number of likely N-dealkylation sites (tertiary alicyclic amines) is 1. The zero-order valence-electron chi connectivity index (χ0n) is 18.8. The molecule has 7 nitrogen and oxygen atoms in total. The Kier molecular flexibility index (Phi) is 7.21. The highest BCUT2D eigenvalue weighted by Gasteiger charge is 2.33. The number of rotatable bonds is 8. The lowest BCUT2D eigenvalue weighted by atomic mass is 9.89. The molecular formula is C24H24Cl2FN5O2. The molecule has 1 aromatic heterocycles. The SMILES string of the molecule is C=CC(=O)N1CC(c2cc3c(Nc4ccc(Cl)c(Cl)c4F)ncnc3cc2OCCN(C)C)C1. The fourth-order valence-electron chi connectivity index (χ4n) is 3.72. The average Bonchev–Trinajstić information content (AvgIpc) is 2.78. The number of hydrogen-bond acceptors (Lipinski definition) is 6. The second kappa shape index (κ2) is 10.1. The molecule has 0 spiro atoms. The first-order valence-corrected chi connectivity index (χ1v) is 11.4. The van der Waals surface area contributed by atoms with Gasteiger partial charge in [-0.05, 0) is 38.4 Å². The summed E-state index contributed by atoms with van der Waals surface area (Å²) in [7, 11) is 3.95. The Labute approximate surface area is 207 Å². The van der Waals surface area contributed by atoms with Crippen molar-refractivity contribution in [3.63, 3.8) is 0 Å². The van der Waals surface area contributed by atoms with Gasteiger partial charge in [-0.15, -0.1) is 0 Å². The van der Waals surface area contributed by atoms with E-state index in [1.165, 1.54) is 24.5 Å². The van der Waals surface area contributed by atoms with E-state index in [1.54, 1.807) is 4.90 Å². The predicted molar refractivity (Wildman–Crippen MR) is 133 cm³/mol. The lowest BCUT2D eigenvalue weighted by molar-refractivity contribution is -0.130. The van der Waals surface area contributed by atoms with E-state index in [-0.39, 0.29) is 27.6 Å². The van der Waals surface area contributed by atoms with Gasteiger partial charge in [0.25, 0.3) is 0 Å². The van der Waals surface area contributed by atoms with Crippen LogP contribution in [-0.2, 0) is 4.79 Å². The van der Waals surface area contributed by atoms with Crippen molar-refractivity contribution < 1.29 is 13.9 Å². The van der Waals surface area contributed by atoms with Gasteiger partial charge < -0.3 is 19.9 Å². The molecule has 1 saturated heterocycles. The summed E-state index contributed by atoms with van der Waals surface area (Å²) in [4.78, 5) is 24.4. The Hall–Kier alpha value is -2.94. The number of aromatic nitrogens is 2. The lowest BCUT2D eigenvalue weighted by Crippen LogP contribution is -2.47. The van der Waals surface area contributed by atoms with Crippen molar-refractivity contribution in [1.82, 2.24) is 19.8 Å². The van der Waals surface area contributed by atoms with Gasteiger partial charge in [0, 0.05) is 42.6 Å². The highest BCUT2D eigenvalue weighted by Crippen LogP contribution is 2.39. The third kappa shape index (κ3) is 4.94. The molecule has 0 unspecified atom stereocenters. The molecule has 4 rings (SSSR count). The molecule has 2 aromatic carbocycles. The molecule has 1 amide bonds. The molecule has 1 fully saturated rings. The molecule has 1 aliphatic rings. The van der Waals surface area contributed by atoms with Crippen LogP contribution in [0.2, 0.25) is 10.0 Å². The van der Waals surface area contributed by atoms with Crippen LogP contribution in [0.5, 0.6) is 5.75 Å². The number of likely N-dealkylation sites (N-methyl/N-ethyl adjacent to an activating group) is 1. The second-order valence-electron chi connectivity index (χ2n) is 8.27. The summed E-state index contributed by atoms with van der Waals surface area (Å²) in [5.41, 5.74) is 1.72. The molecule has 34 heavy (non-hydrogen) atoms.